The summed E-state index contributed by atoms with van der Waals surface area (Å²) in [5.74, 6) is -0.272. The maximum Gasteiger partial charge on any atom is 0.193 e. The quantitative estimate of drug-likeness (QED) is 0.0634. The lowest BCUT2D eigenvalue weighted by Gasteiger charge is -2.54. The van der Waals surface area contributed by atoms with E-state index in [1.54, 1.807) is 12.1 Å². The van der Waals surface area contributed by atoms with Crippen LogP contribution in [0.5, 0.6) is 0 Å². The molecule has 19 atom stereocenters. The first-order chi connectivity index (χ1) is 37.3. The number of aryl methyl sites for hydroxylation is 1. The smallest absolute Gasteiger partial charge is 0.193 e. The maximum atomic E-state index is 15.7. The van der Waals surface area contributed by atoms with Crippen LogP contribution in [0.2, 0.25) is 36.3 Å². The molecule has 0 spiro atoms. The van der Waals surface area contributed by atoms with Crippen LogP contribution in [0.4, 0.5) is 0 Å². The van der Waals surface area contributed by atoms with Crippen molar-refractivity contribution in [2.75, 3.05) is 13.2 Å². The second kappa shape index (κ2) is 27.5. The molecule has 6 aliphatic heterocycles. The fraction of sp³-hybridized carbons (Fsp3) is 0.812. The lowest BCUT2D eigenvalue weighted by molar-refractivity contribution is -0.253. The van der Waals surface area contributed by atoms with Crippen molar-refractivity contribution in [3.05, 3.63) is 64.3 Å². The normalized spacial score (nSPS) is 35.0. The number of benzene rings is 1. The molecule has 0 aromatic heterocycles. The zero-order valence-electron chi connectivity index (χ0n) is 52.0. The predicted octanol–water partition coefficient (Wildman–Crippen LogP) is 14.4. The Labute approximate surface area is 500 Å². The van der Waals surface area contributed by atoms with Gasteiger partial charge in [0, 0.05) is 31.1 Å². The molecule has 0 bridgehead atoms. The first-order valence-electron chi connectivity index (χ1n) is 30.8. The Hall–Kier alpha value is -0.846. The number of halogens is 1. The topological polar surface area (TPSA) is 137 Å². The Balaban J connectivity index is 1.15. The van der Waals surface area contributed by atoms with E-state index in [1.165, 1.54) is 0 Å². The van der Waals surface area contributed by atoms with Crippen LogP contribution in [0.3, 0.4) is 0 Å². The van der Waals surface area contributed by atoms with Gasteiger partial charge in [-0.2, -0.15) is 0 Å². The summed E-state index contributed by atoms with van der Waals surface area (Å²) < 4.78 is 94.8. The second-order valence-corrected chi connectivity index (χ2v) is 40.8. The number of fused-ring (bicyclic) bond motifs is 1. The largest absolute Gasteiger partial charge is 0.411 e. The first-order valence-corrected chi connectivity index (χ1v) is 39.4. The van der Waals surface area contributed by atoms with Crippen molar-refractivity contribution in [3.63, 3.8) is 0 Å². The monoisotopic (exact) mass is 1280 g/mol. The highest BCUT2D eigenvalue weighted by molar-refractivity contribution is 14.1. The summed E-state index contributed by atoms with van der Waals surface area (Å²) >= 11 is 2.29. The van der Waals surface area contributed by atoms with E-state index < -0.39 is 56.0 Å². The molecule has 1 aromatic rings. The van der Waals surface area contributed by atoms with Crippen LogP contribution in [0.1, 0.15) is 159 Å². The lowest BCUT2D eigenvalue weighted by atomic mass is 9.77. The molecule has 6 heterocycles. The van der Waals surface area contributed by atoms with E-state index in [2.05, 4.69) is 144 Å². The Bertz CT molecular complexity index is 2330. The molecule has 0 amide bonds. The molecule has 0 radical (unpaired) electrons. The maximum absolute atomic E-state index is 15.7. The van der Waals surface area contributed by atoms with Gasteiger partial charge < -0.3 is 47.1 Å². The summed E-state index contributed by atoms with van der Waals surface area (Å²) in [6.07, 6.45) is 6.32. The SMILES string of the molecule is C=C1C[C@H](CCC2OCCO2)O[C@H]1CC[C@H]1C[C@@H](C)C(=C)[C@@H](C[C@@H]2O[C@H](C[C@H](C)CC)[C@H](C)[C@H]2C(C(O)C[C@H]2CC[C@@H]3O[C@@H]([C@H](/C=C/I)O[Si](C)(C)C(C)(C)C)[C@@H](O[Si](C)(C)C(C)(C)C)[C@@H](C)[C@H]3O2)S(=O)(=O)c2ccc(C)cc2)O1. The fourth-order valence-corrected chi connectivity index (χ4v) is 18.3. The summed E-state index contributed by atoms with van der Waals surface area (Å²) in [7, 11) is -8.78. The van der Waals surface area contributed by atoms with Crippen LogP contribution in [-0.4, -0.2) is 134 Å². The number of hydrogen-bond donors (Lipinski definition) is 1. The molecule has 2 unspecified atom stereocenters. The predicted molar refractivity (Wildman–Crippen MR) is 334 cm³/mol. The molecule has 12 nitrogen and oxygen atoms in total. The summed E-state index contributed by atoms with van der Waals surface area (Å²) in [6, 6.07) is 7.11. The van der Waals surface area contributed by atoms with Crippen LogP contribution >= 0.6 is 22.6 Å². The van der Waals surface area contributed by atoms with Crippen molar-refractivity contribution >= 4 is 49.1 Å². The Morgan fingerprint density at radius 3 is 2.06 bits per heavy atom. The van der Waals surface area contributed by atoms with Crippen LogP contribution in [0, 0.1) is 36.5 Å². The summed E-state index contributed by atoms with van der Waals surface area (Å²) in [5.41, 5.74) is 3.10. The average Bonchev–Trinajstić information content (AvgIpc) is 4.26. The number of aliphatic hydroxyl groups is 1. The molecule has 7 rings (SSSR count). The number of rotatable bonds is 23. The Kier molecular flexibility index (Phi) is 22.9. The van der Waals surface area contributed by atoms with Crippen LogP contribution in [-0.2, 0) is 51.8 Å². The third-order valence-electron chi connectivity index (χ3n) is 20.5. The molecule has 0 saturated carbocycles. The lowest BCUT2D eigenvalue weighted by Crippen LogP contribution is -2.64. The average molecular weight is 1280 g/mol. The minimum Gasteiger partial charge on any atom is -0.411 e. The fourth-order valence-electron chi connectivity index (χ4n) is 13.1. The first kappa shape index (κ1) is 66.7. The highest BCUT2D eigenvalue weighted by Gasteiger charge is 2.57. The van der Waals surface area contributed by atoms with Crippen LogP contribution in [0.25, 0.3) is 0 Å². The number of aliphatic hydroxyl groups excluding tert-OH is 1. The standard InChI is InChI=1S/C64H107IO12SSi2/c1-19-39(2)34-54-44(7)58(56(74-54)38-55-43(6)41(4)35-46(72-55)22-27-51-42(5)36-47(71-51)24-29-57-69-32-33-70-57)62(78(67,68)49-25-20-40(3)21-26-49)50(66)37-48-23-28-52-59(73-48)45(8)60(77-80(17,18)64(12,13)14)61(75-52)53(30-31-65)76-79(15,16)63(9,10)11/h20-21,25-26,30-31,39,41,44-48,50-62,66H,5-6,19,22-24,27-29,32-38H2,1-4,7-18H3/b31-30+/t39-,41-,44+,45+,46+,47+,48-,50?,51+,52+,53+,54-,55-,56+,58-,59-,60+,61+,62?/m1/s1. The molecule has 1 N–H and O–H groups in total. The van der Waals surface area contributed by atoms with Crippen molar-refractivity contribution in [3.8, 4) is 0 Å². The van der Waals surface area contributed by atoms with E-state index >= 15 is 8.42 Å². The van der Waals surface area contributed by atoms with Gasteiger partial charge in [-0.15, -0.1) is 0 Å². The highest BCUT2D eigenvalue weighted by Crippen LogP contribution is 2.49. The van der Waals surface area contributed by atoms with E-state index in [-0.39, 0.29) is 106 Å². The van der Waals surface area contributed by atoms with Gasteiger partial charge >= 0.3 is 0 Å². The van der Waals surface area contributed by atoms with Crippen molar-refractivity contribution in [2.45, 2.75) is 292 Å². The van der Waals surface area contributed by atoms with Crippen molar-refractivity contribution in [1.82, 2.24) is 0 Å². The molecule has 0 aliphatic carbocycles. The van der Waals surface area contributed by atoms with E-state index in [9.17, 15) is 5.11 Å². The Morgan fingerprint density at radius 2 is 1.44 bits per heavy atom. The number of ether oxygens (including phenoxy) is 7. The van der Waals surface area contributed by atoms with E-state index in [0.29, 0.717) is 38.4 Å². The minimum atomic E-state index is -4.16. The van der Waals surface area contributed by atoms with Crippen molar-refractivity contribution < 1.29 is 55.5 Å². The van der Waals surface area contributed by atoms with Crippen molar-refractivity contribution in [1.29, 1.82) is 0 Å². The van der Waals surface area contributed by atoms with E-state index in [1.807, 2.05) is 23.1 Å². The molecular formula is C64H107IO12SSi2. The van der Waals surface area contributed by atoms with Gasteiger partial charge in [0.15, 0.2) is 32.8 Å². The van der Waals surface area contributed by atoms with Gasteiger partial charge in [-0.3, -0.25) is 0 Å². The van der Waals surface area contributed by atoms with Crippen molar-refractivity contribution in [2.24, 2.45) is 29.6 Å². The van der Waals surface area contributed by atoms with E-state index in [4.69, 9.17) is 42.0 Å². The summed E-state index contributed by atoms with van der Waals surface area (Å²) in [5, 5.41) is 11.8. The van der Waals surface area contributed by atoms with Gasteiger partial charge in [-0.25, -0.2) is 8.42 Å². The minimum absolute atomic E-state index is 0.0129. The summed E-state index contributed by atoms with van der Waals surface area (Å²) in [4.78, 5) is 0.208. The molecule has 6 fully saturated rings. The van der Waals surface area contributed by atoms with E-state index in [0.717, 1.165) is 68.1 Å². The molecular weight excluding hydrogens is 1180 g/mol. The highest BCUT2D eigenvalue weighted by atomic mass is 127. The molecule has 16 heteroatoms. The molecule has 456 valence electrons. The second-order valence-electron chi connectivity index (χ2n) is 28.5. The van der Waals surface area contributed by atoms with Crippen LogP contribution in [0.15, 0.2) is 63.6 Å². The van der Waals surface area contributed by atoms with Gasteiger partial charge in [0.2, 0.25) is 0 Å². The zero-order valence-corrected chi connectivity index (χ0v) is 57.0. The number of sulfone groups is 1. The van der Waals surface area contributed by atoms with Gasteiger partial charge in [0.05, 0.1) is 96.6 Å². The molecule has 80 heavy (non-hydrogen) atoms. The molecule has 6 aliphatic rings. The van der Waals surface area contributed by atoms with Gasteiger partial charge in [-0.05, 0) is 146 Å². The van der Waals surface area contributed by atoms with Gasteiger partial charge in [-0.1, -0.05) is 136 Å². The Morgan fingerprint density at radius 1 is 0.800 bits per heavy atom. The zero-order chi connectivity index (χ0) is 58.9. The molecule has 1 aromatic carbocycles. The third kappa shape index (κ3) is 15.8. The molecule has 6 saturated heterocycles. The number of hydrogen-bond acceptors (Lipinski definition) is 12. The van der Waals surface area contributed by atoms with Gasteiger partial charge in [0.1, 0.15) is 6.10 Å². The summed E-state index contributed by atoms with van der Waals surface area (Å²) in [6.45, 7) is 46.1. The van der Waals surface area contributed by atoms with Gasteiger partial charge in [0.25, 0.3) is 0 Å². The van der Waals surface area contributed by atoms with Crippen LogP contribution < -0.4 is 0 Å². The third-order valence-corrected chi connectivity index (χ3v) is 32.1.